The van der Waals surface area contributed by atoms with Gasteiger partial charge in [-0.1, -0.05) is 0 Å². The van der Waals surface area contributed by atoms with E-state index in [2.05, 4.69) is 10.3 Å². The van der Waals surface area contributed by atoms with Crippen LogP contribution in [0.2, 0.25) is 0 Å². The van der Waals surface area contributed by atoms with Crippen molar-refractivity contribution >= 4 is 17.3 Å². The van der Waals surface area contributed by atoms with Crippen molar-refractivity contribution in [1.29, 1.82) is 0 Å². The van der Waals surface area contributed by atoms with Gasteiger partial charge in [0.25, 0.3) is 0 Å². The molecule has 0 bridgehead atoms. The highest BCUT2D eigenvalue weighted by Crippen LogP contribution is 2.37. The first kappa shape index (κ1) is 10.6. The van der Waals surface area contributed by atoms with E-state index in [-0.39, 0.29) is 5.91 Å². The van der Waals surface area contributed by atoms with Crippen LogP contribution < -0.4 is 10.2 Å². The zero-order chi connectivity index (χ0) is 11.8. The summed E-state index contributed by atoms with van der Waals surface area (Å²) in [4.78, 5) is 17.8. The summed E-state index contributed by atoms with van der Waals surface area (Å²) in [5.74, 6) is 0.123. The van der Waals surface area contributed by atoms with Crippen LogP contribution >= 0.6 is 0 Å². The van der Waals surface area contributed by atoms with Gasteiger partial charge < -0.3 is 10.2 Å². The van der Waals surface area contributed by atoms with Crippen molar-refractivity contribution in [2.75, 3.05) is 10.2 Å². The van der Waals surface area contributed by atoms with Gasteiger partial charge in [0.05, 0.1) is 17.6 Å². The molecule has 4 nitrogen and oxygen atoms in total. The van der Waals surface area contributed by atoms with Gasteiger partial charge in [0.15, 0.2) is 0 Å². The van der Waals surface area contributed by atoms with Gasteiger partial charge in [-0.3, -0.25) is 9.78 Å². The van der Waals surface area contributed by atoms with Crippen LogP contribution in [0.4, 0.5) is 11.4 Å². The zero-order valence-electron chi connectivity index (χ0n) is 10.0. The first-order valence-corrected chi connectivity index (χ1v) is 6.26. The molecule has 4 heteroatoms. The van der Waals surface area contributed by atoms with E-state index >= 15 is 0 Å². The van der Waals surface area contributed by atoms with Crippen LogP contribution in [0.1, 0.15) is 32.6 Å². The Morgan fingerprint density at radius 3 is 2.76 bits per heavy atom. The molecule has 0 atom stereocenters. The summed E-state index contributed by atoms with van der Waals surface area (Å²) in [7, 11) is 0. The molecule has 0 aliphatic heterocycles. The van der Waals surface area contributed by atoms with Crippen molar-refractivity contribution in [2.45, 2.75) is 44.7 Å². The number of aromatic nitrogens is 1. The predicted octanol–water partition coefficient (Wildman–Crippen LogP) is 2.17. The van der Waals surface area contributed by atoms with Gasteiger partial charge in [-0.15, -0.1) is 0 Å². The second-order valence-electron chi connectivity index (χ2n) is 4.93. The molecule has 2 saturated carbocycles. The van der Waals surface area contributed by atoms with Gasteiger partial charge in [0.2, 0.25) is 5.91 Å². The molecule has 1 heterocycles. The first-order valence-electron chi connectivity index (χ1n) is 6.26. The topological polar surface area (TPSA) is 45.2 Å². The summed E-state index contributed by atoms with van der Waals surface area (Å²) in [6.07, 6.45) is 8.25. The fourth-order valence-electron chi connectivity index (χ4n) is 2.11. The Bertz CT molecular complexity index is 438. The quantitative estimate of drug-likeness (QED) is 0.863. The number of amides is 1. The van der Waals surface area contributed by atoms with E-state index in [0.29, 0.717) is 12.1 Å². The number of hydrogen-bond acceptors (Lipinski definition) is 3. The van der Waals surface area contributed by atoms with E-state index in [1.54, 1.807) is 13.1 Å². The monoisotopic (exact) mass is 231 g/mol. The number of rotatable bonds is 4. The number of anilines is 2. The van der Waals surface area contributed by atoms with E-state index in [4.69, 9.17) is 0 Å². The van der Waals surface area contributed by atoms with Crippen molar-refractivity contribution < 1.29 is 4.79 Å². The lowest BCUT2D eigenvalue weighted by Gasteiger charge is -2.23. The maximum Gasteiger partial charge on any atom is 0.224 e. The number of nitrogens with one attached hydrogen (secondary N) is 1. The molecule has 2 fully saturated rings. The summed E-state index contributed by atoms with van der Waals surface area (Å²) < 4.78 is 0. The normalized spacial score (nSPS) is 18.9. The van der Waals surface area contributed by atoms with Crippen molar-refractivity contribution in [2.24, 2.45) is 0 Å². The number of nitrogens with zero attached hydrogens (tertiary/aromatic N) is 2. The van der Waals surface area contributed by atoms with Crippen LogP contribution in [0, 0.1) is 0 Å². The standard InChI is InChI=1S/C13H17N3O/c1-9(17)16(11-4-5-11)13-6-7-14-8-12(13)15-10-2-3-10/h6-8,10-11,15H,2-5H2,1H3. The highest BCUT2D eigenvalue weighted by atomic mass is 16.2. The van der Waals surface area contributed by atoms with Gasteiger partial charge in [0.1, 0.15) is 0 Å². The summed E-state index contributed by atoms with van der Waals surface area (Å²) in [6.45, 7) is 1.64. The SMILES string of the molecule is CC(=O)N(c1ccncc1NC1CC1)C1CC1. The van der Waals surface area contributed by atoms with Gasteiger partial charge in [-0.25, -0.2) is 0 Å². The number of carbonyl (C=O) groups is 1. The minimum absolute atomic E-state index is 0.123. The molecule has 90 valence electrons. The van der Waals surface area contributed by atoms with Crippen LogP contribution in [0.3, 0.4) is 0 Å². The third-order valence-electron chi connectivity index (χ3n) is 3.25. The summed E-state index contributed by atoms with van der Waals surface area (Å²) in [5.41, 5.74) is 1.99. The smallest absolute Gasteiger partial charge is 0.224 e. The molecule has 17 heavy (non-hydrogen) atoms. The van der Waals surface area contributed by atoms with E-state index < -0.39 is 0 Å². The molecule has 1 amide bonds. The van der Waals surface area contributed by atoms with Crippen LogP contribution in [-0.4, -0.2) is 23.0 Å². The van der Waals surface area contributed by atoms with Crippen molar-refractivity contribution in [3.63, 3.8) is 0 Å². The van der Waals surface area contributed by atoms with E-state index in [1.165, 1.54) is 12.8 Å². The Balaban J connectivity index is 1.90. The Morgan fingerprint density at radius 1 is 1.41 bits per heavy atom. The van der Waals surface area contributed by atoms with Crippen molar-refractivity contribution in [3.8, 4) is 0 Å². The van der Waals surface area contributed by atoms with Gasteiger partial charge in [-0.05, 0) is 31.7 Å². The molecule has 0 aromatic carbocycles. The molecule has 1 aromatic rings. The number of hydrogen-bond donors (Lipinski definition) is 1. The Kier molecular flexibility index (Phi) is 2.50. The van der Waals surface area contributed by atoms with E-state index in [1.807, 2.05) is 17.2 Å². The zero-order valence-corrected chi connectivity index (χ0v) is 10.0. The molecule has 0 radical (unpaired) electrons. The second-order valence-corrected chi connectivity index (χ2v) is 4.93. The molecule has 1 aromatic heterocycles. The van der Waals surface area contributed by atoms with Crippen LogP contribution in [0.15, 0.2) is 18.5 Å². The molecule has 0 spiro atoms. The minimum Gasteiger partial charge on any atom is -0.379 e. The predicted molar refractivity (Wildman–Crippen MR) is 67.1 cm³/mol. The van der Waals surface area contributed by atoms with Crippen LogP contribution in [0.5, 0.6) is 0 Å². The van der Waals surface area contributed by atoms with Crippen molar-refractivity contribution in [1.82, 2.24) is 4.98 Å². The van der Waals surface area contributed by atoms with Crippen molar-refractivity contribution in [3.05, 3.63) is 18.5 Å². The maximum absolute atomic E-state index is 11.8. The van der Waals surface area contributed by atoms with Crippen LogP contribution in [-0.2, 0) is 4.79 Å². The molecule has 2 aliphatic carbocycles. The fraction of sp³-hybridized carbons (Fsp3) is 0.538. The molecular formula is C13H17N3O. The summed E-state index contributed by atoms with van der Waals surface area (Å²) in [6, 6.07) is 2.91. The lowest BCUT2D eigenvalue weighted by molar-refractivity contribution is -0.116. The summed E-state index contributed by atoms with van der Waals surface area (Å²) in [5, 5.41) is 3.45. The van der Waals surface area contributed by atoms with E-state index in [9.17, 15) is 4.79 Å². The Hall–Kier alpha value is -1.58. The number of carbonyl (C=O) groups excluding carboxylic acids is 1. The summed E-state index contributed by atoms with van der Waals surface area (Å²) >= 11 is 0. The average Bonchev–Trinajstić information content (AvgIpc) is 3.12. The highest BCUT2D eigenvalue weighted by molar-refractivity contribution is 5.96. The molecule has 3 rings (SSSR count). The molecule has 1 N–H and O–H groups in total. The highest BCUT2D eigenvalue weighted by Gasteiger charge is 2.34. The van der Waals surface area contributed by atoms with Gasteiger partial charge in [-0.2, -0.15) is 0 Å². The maximum atomic E-state index is 11.8. The van der Waals surface area contributed by atoms with Gasteiger partial charge in [0, 0.05) is 25.2 Å². The average molecular weight is 231 g/mol. The van der Waals surface area contributed by atoms with Crippen LogP contribution in [0.25, 0.3) is 0 Å². The van der Waals surface area contributed by atoms with Gasteiger partial charge >= 0.3 is 0 Å². The molecule has 0 saturated heterocycles. The third kappa shape index (κ3) is 2.25. The minimum atomic E-state index is 0.123. The molecule has 2 aliphatic rings. The largest absolute Gasteiger partial charge is 0.379 e. The number of pyridine rings is 1. The first-order chi connectivity index (χ1) is 8.25. The Labute approximate surface area is 101 Å². The molecular weight excluding hydrogens is 214 g/mol. The fourth-order valence-corrected chi connectivity index (χ4v) is 2.11. The lowest BCUT2D eigenvalue weighted by Crippen LogP contribution is -2.31. The van der Waals surface area contributed by atoms with E-state index in [0.717, 1.165) is 24.2 Å². The Morgan fingerprint density at radius 2 is 2.18 bits per heavy atom. The third-order valence-corrected chi connectivity index (χ3v) is 3.25. The lowest BCUT2D eigenvalue weighted by atomic mass is 10.3. The molecule has 0 unspecified atom stereocenters. The second kappa shape index (κ2) is 4.02.